The number of ether oxygens (including phenoxy) is 4. The molecule has 1 heterocycles. The Bertz CT molecular complexity index is 1590. The molecule has 4 rings (SSSR count). The first kappa shape index (κ1) is 34.8. The molecule has 244 valence electrons. The van der Waals surface area contributed by atoms with Gasteiger partial charge in [0.05, 0.1) is 46.2 Å². The molecule has 1 aliphatic heterocycles. The topological polar surface area (TPSA) is 125 Å². The van der Waals surface area contributed by atoms with Gasteiger partial charge in [0.25, 0.3) is 0 Å². The molecule has 3 aromatic carbocycles. The van der Waals surface area contributed by atoms with Gasteiger partial charge in [-0.3, -0.25) is 0 Å². The smallest absolute Gasteiger partial charge is 0.338 e. The zero-order valence-corrected chi connectivity index (χ0v) is 26.8. The third-order valence-electron chi connectivity index (χ3n) is 8.00. The third-order valence-corrected chi connectivity index (χ3v) is 9.81. The van der Waals surface area contributed by atoms with E-state index < -0.39 is 58.2 Å². The van der Waals surface area contributed by atoms with Crippen LogP contribution in [-0.4, -0.2) is 75.5 Å². The number of aliphatic hydroxyl groups excluding tert-OH is 1. The third kappa shape index (κ3) is 9.01. The molecule has 0 saturated carbocycles. The summed E-state index contributed by atoms with van der Waals surface area (Å²) < 4.78 is 50.7. The minimum absolute atomic E-state index is 0.0229. The molecule has 0 bridgehead atoms. The second kappa shape index (κ2) is 16.0. The summed E-state index contributed by atoms with van der Waals surface area (Å²) in [5.41, 5.74) is 1.64. The van der Waals surface area contributed by atoms with Crippen LogP contribution >= 0.6 is 0 Å². The molecule has 0 amide bonds. The lowest BCUT2D eigenvalue weighted by molar-refractivity contribution is -0.0560. The molecule has 1 fully saturated rings. The molecule has 0 aliphatic carbocycles. The Hall–Kier alpha value is -4.09. The van der Waals surface area contributed by atoms with Crippen LogP contribution in [0.5, 0.6) is 0 Å². The fraction of sp³-hybridized carbons (Fsp3) is 0.333. The number of sulfone groups is 1. The summed E-state index contributed by atoms with van der Waals surface area (Å²) in [5, 5.41) is 10.9. The highest BCUT2D eigenvalue weighted by molar-refractivity contribution is 7.91. The van der Waals surface area contributed by atoms with E-state index in [0.29, 0.717) is 22.3 Å². The maximum absolute atomic E-state index is 13.5. The van der Waals surface area contributed by atoms with Gasteiger partial charge in [0.15, 0.2) is 9.84 Å². The number of esters is 2. The van der Waals surface area contributed by atoms with E-state index in [1.54, 1.807) is 85.8 Å². The van der Waals surface area contributed by atoms with Crippen molar-refractivity contribution in [1.29, 1.82) is 0 Å². The maximum Gasteiger partial charge on any atom is 0.338 e. The average Bonchev–Trinajstić information content (AvgIpc) is 3.37. The van der Waals surface area contributed by atoms with E-state index in [2.05, 4.69) is 13.2 Å². The Morgan fingerprint density at radius 1 is 0.848 bits per heavy atom. The van der Waals surface area contributed by atoms with Crippen molar-refractivity contribution in [3.05, 3.63) is 126 Å². The van der Waals surface area contributed by atoms with E-state index in [1.807, 2.05) is 0 Å². The van der Waals surface area contributed by atoms with Crippen LogP contribution in [0.15, 0.2) is 120 Å². The number of carbonyl (C=O) groups is 2. The van der Waals surface area contributed by atoms with Gasteiger partial charge < -0.3 is 24.1 Å². The average molecular weight is 649 g/mol. The van der Waals surface area contributed by atoms with Crippen LogP contribution in [0.4, 0.5) is 0 Å². The monoisotopic (exact) mass is 648 g/mol. The van der Waals surface area contributed by atoms with Gasteiger partial charge in [-0.1, -0.05) is 73.3 Å². The summed E-state index contributed by atoms with van der Waals surface area (Å²) in [6.45, 7) is 9.21. The lowest BCUT2D eigenvalue weighted by Gasteiger charge is -2.26. The van der Waals surface area contributed by atoms with E-state index >= 15 is 0 Å². The minimum atomic E-state index is -3.79. The molecule has 0 aromatic heterocycles. The number of hydrogen-bond donors (Lipinski definition) is 1. The van der Waals surface area contributed by atoms with E-state index in [-0.39, 0.29) is 30.1 Å². The molecular weight excluding hydrogens is 608 g/mol. The molecule has 1 saturated heterocycles. The molecule has 0 radical (unpaired) electrons. The van der Waals surface area contributed by atoms with Gasteiger partial charge in [0.1, 0.15) is 12.7 Å². The van der Waals surface area contributed by atoms with Crippen LogP contribution in [0.3, 0.4) is 0 Å². The standard InChI is InChI=1S/C36H40O9S/c1-24(2)25(3)31(37)21-32-30(23-46(40,41)29-18-12-7-13-19-29)34(42-4)33(45-32)20-28(44-36(39)27-16-10-6-11-17-27)22-43-35(38)26-14-8-5-9-15-26/h5-19,28,30-34,37H,1,3,20-23H2,2,4H3/t28?,30?,31-,32+,33?,34-/m1/s1. The Morgan fingerprint density at radius 2 is 1.39 bits per heavy atom. The Balaban J connectivity index is 1.60. The Kier molecular flexibility index (Phi) is 12.1. The Morgan fingerprint density at radius 3 is 1.93 bits per heavy atom. The van der Waals surface area contributed by atoms with Crippen molar-refractivity contribution >= 4 is 21.8 Å². The molecule has 1 N–H and O–H groups in total. The van der Waals surface area contributed by atoms with E-state index in [0.717, 1.165) is 0 Å². The highest BCUT2D eigenvalue weighted by atomic mass is 32.2. The van der Waals surface area contributed by atoms with Crippen molar-refractivity contribution in [3.63, 3.8) is 0 Å². The molecular formula is C36H40O9S. The van der Waals surface area contributed by atoms with E-state index in [9.17, 15) is 23.1 Å². The zero-order valence-electron chi connectivity index (χ0n) is 26.0. The largest absolute Gasteiger partial charge is 0.458 e. The summed E-state index contributed by atoms with van der Waals surface area (Å²) in [6.07, 6.45) is -4.26. The van der Waals surface area contributed by atoms with Gasteiger partial charge in [-0.05, 0) is 48.9 Å². The number of methoxy groups -OCH3 is 1. The molecule has 10 heteroatoms. The van der Waals surface area contributed by atoms with Crippen molar-refractivity contribution in [2.45, 2.75) is 55.2 Å². The van der Waals surface area contributed by atoms with Crippen LogP contribution in [-0.2, 0) is 28.8 Å². The number of rotatable bonds is 15. The quantitative estimate of drug-likeness (QED) is 0.175. The molecule has 0 spiro atoms. The van der Waals surface area contributed by atoms with Crippen molar-refractivity contribution in [2.24, 2.45) is 5.92 Å². The van der Waals surface area contributed by atoms with E-state index in [1.165, 1.54) is 19.2 Å². The predicted octanol–water partition coefficient (Wildman–Crippen LogP) is 5.21. The normalized spacial score (nSPS) is 20.8. The zero-order chi connectivity index (χ0) is 33.3. The lowest BCUT2D eigenvalue weighted by atomic mass is 9.90. The van der Waals surface area contributed by atoms with Gasteiger partial charge in [0.2, 0.25) is 0 Å². The molecule has 3 unspecified atom stereocenters. The van der Waals surface area contributed by atoms with Crippen LogP contribution in [0, 0.1) is 5.92 Å². The maximum atomic E-state index is 13.5. The van der Waals surface area contributed by atoms with Gasteiger partial charge in [-0.15, -0.1) is 0 Å². The number of aliphatic hydroxyl groups is 1. The first-order valence-corrected chi connectivity index (χ1v) is 16.6. The molecule has 46 heavy (non-hydrogen) atoms. The van der Waals surface area contributed by atoms with Gasteiger partial charge in [-0.25, -0.2) is 18.0 Å². The van der Waals surface area contributed by atoms with Crippen molar-refractivity contribution < 1.29 is 42.1 Å². The number of benzene rings is 3. The predicted molar refractivity (Wildman–Crippen MR) is 173 cm³/mol. The van der Waals surface area contributed by atoms with Crippen molar-refractivity contribution in [2.75, 3.05) is 19.5 Å². The summed E-state index contributed by atoms with van der Waals surface area (Å²) in [4.78, 5) is 26.0. The molecule has 1 aliphatic rings. The van der Waals surface area contributed by atoms with Crippen LogP contribution in [0.25, 0.3) is 0 Å². The first-order valence-electron chi connectivity index (χ1n) is 15.0. The highest BCUT2D eigenvalue weighted by Crippen LogP contribution is 2.37. The number of carbonyl (C=O) groups excluding carboxylic acids is 2. The van der Waals surface area contributed by atoms with Gasteiger partial charge in [-0.2, -0.15) is 0 Å². The summed E-state index contributed by atoms with van der Waals surface area (Å²) in [7, 11) is -2.33. The Labute approximate surface area is 270 Å². The molecule has 6 atom stereocenters. The van der Waals surface area contributed by atoms with E-state index in [4.69, 9.17) is 18.9 Å². The van der Waals surface area contributed by atoms with Gasteiger partial charge in [0, 0.05) is 25.9 Å². The van der Waals surface area contributed by atoms with Crippen molar-refractivity contribution in [1.82, 2.24) is 0 Å². The van der Waals surface area contributed by atoms with Crippen LogP contribution in [0.2, 0.25) is 0 Å². The summed E-state index contributed by atoms with van der Waals surface area (Å²) in [5.74, 6) is -2.24. The SMILES string of the molecule is C=C(C)C(=C)[C@H](O)C[C@@H]1OC(CC(COC(=O)c2ccccc2)OC(=O)c2ccccc2)[C@H](OC)C1CS(=O)(=O)c1ccccc1. The van der Waals surface area contributed by atoms with Crippen LogP contribution < -0.4 is 0 Å². The molecule has 3 aromatic rings. The fourth-order valence-electron chi connectivity index (χ4n) is 5.49. The molecule has 9 nitrogen and oxygen atoms in total. The second-order valence-electron chi connectivity index (χ2n) is 11.3. The second-order valence-corrected chi connectivity index (χ2v) is 13.4. The van der Waals surface area contributed by atoms with Crippen LogP contribution in [0.1, 0.15) is 40.5 Å². The minimum Gasteiger partial charge on any atom is -0.458 e. The first-order chi connectivity index (χ1) is 22.0. The number of hydrogen-bond acceptors (Lipinski definition) is 9. The summed E-state index contributed by atoms with van der Waals surface area (Å²) in [6, 6.07) is 24.9. The fourth-order valence-corrected chi connectivity index (χ4v) is 7.17. The highest BCUT2D eigenvalue weighted by Gasteiger charge is 2.48. The van der Waals surface area contributed by atoms with Gasteiger partial charge >= 0.3 is 11.9 Å². The van der Waals surface area contributed by atoms with Crippen molar-refractivity contribution in [3.8, 4) is 0 Å². The summed E-state index contributed by atoms with van der Waals surface area (Å²) >= 11 is 0. The lowest BCUT2D eigenvalue weighted by Crippen LogP contribution is -2.38.